The highest BCUT2D eigenvalue weighted by molar-refractivity contribution is 5.77. The molecule has 1 aromatic heterocycles. The van der Waals surface area contributed by atoms with Crippen LogP contribution in [0.25, 0.3) is 11.3 Å². The number of hydrogen-bond acceptors (Lipinski definition) is 3. The SMILES string of the molecule is NC(=O)[C@@H]1CCCN(Cc2cn[nH]c2-c2ccccc2F)C1. The number of aromatic amines is 1. The van der Waals surface area contributed by atoms with Crippen LogP contribution in [0, 0.1) is 11.7 Å². The molecule has 2 aromatic rings. The number of primary amides is 1. The summed E-state index contributed by atoms with van der Waals surface area (Å²) in [6.07, 6.45) is 3.51. The second-order valence-corrected chi connectivity index (χ2v) is 5.73. The molecule has 2 heterocycles. The molecule has 3 N–H and O–H groups in total. The molecular formula is C16H19FN4O. The number of hydrogen-bond donors (Lipinski definition) is 2. The van der Waals surface area contributed by atoms with Crippen LogP contribution in [0.2, 0.25) is 0 Å². The van der Waals surface area contributed by atoms with Crippen molar-refractivity contribution in [3.63, 3.8) is 0 Å². The summed E-state index contributed by atoms with van der Waals surface area (Å²) in [5, 5.41) is 6.93. The quantitative estimate of drug-likeness (QED) is 0.906. The van der Waals surface area contributed by atoms with E-state index in [9.17, 15) is 9.18 Å². The number of H-pyrrole nitrogens is 1. The third-order valence-electron chi connectivity index (χ3n) is 4.16. The number of aromatic nitrogens is 2. The fourth-order valence-corrected chi connectivity index (χ4v) is 3.00. The number of benzene rings is 1. The lowest BCUT2D eigenvalue weighted by molar-refractivity contribution is -0.123. The molecule has 0 unspecified atom stereocenters. The van der Waals surface area contributed by atoms with Gasteiger partial charge in [-0.15, -0.1) is 0 Å². The molecular weight excluding hydrogens is 283 g/mol. The summed E-state index contributed by atoms with van der Waals surface area (Å²) in [7, 11) is 0. The number of nitrogens with zero attached hydrogens (tertiary/aromatic N) is 2. The Hall–Kier alpha value is -2.21. The molecule has 1 fully saturated rings. The Balaban J connectivity index is 1.78. The topological polar surface area (TPSA) is 75.0 Å². The molecule has 0 bridgehead atoms. The predicted molar refractivity (Wildman–Crippen MR) is 81.2 cm³/mol. The van der Waals surface area contributed by atoms with E-state index in [-0.39, 0.29) is 17.6 Å². The Labute approximate surface area is 128 Å². The van der Waals surface area contributed by atoms with Gasteiger partial charge in [-0.3, -0.25) is 14.8 Å². The highest BCUT2D eigenvalue weighted by atomic mass is 19.1. The summed E-state index contributed by atoms with van der Waals surface area (Å²) in [4.78, 5) is 13.5. The van der Waals surface area contributed by atoms with Gasteiger partial charge in [0.05, 0.1) is 17.8 Å². The number of carbonyl (C=O) groups is 1. The molecule has 0 radical (unpaired) electrons. The van der Waals surface area contributed by atoms with Gasteiger partial charge >= 0.3 is 0 Å². The van der Waals surface area contributed by atoms with Crippen molar-refractivity contribution in [2.75, 3.05) is 13.1 Å². The zero-order valence-corrected chi connectivity index (χ0v) is 12.3. The van der Waals surface area contributed by atoms with Gasteiger partial charge in [0.1, 0.15) is 5.82 Å². The van der Waals surface area contributed by atoms with E-state index >= 15 is 0 Å². The Morgan fingerprint density at radius 2 is 2.27 bits per heavy atom. The average molecular weight is 302 g/mol. The number of likely N-dealkylation sites (tertiary alicyclic amines) is 1. The van der Waals surface area contributed by atoms with E-state index in [1.807, 2.05) is 0 Å². The molecule has 22 heavy (non-hydrogen) atoms. The number of piperidine rings is 1. The summed E-state index contributed by atoms with van der Waals surface area (Å²) in [5.41, 5.74) is 7.54. The molecule has 0 aliphatic carbocycles. The molecule has 1 amide bonds. The van der Waals surface area contributed by atoms with E-state index in [1.54, 1.807) is 24.4 Å². The van der Waals surface area contributed by atoms with E-state index in [2.05, 4.69) is 15.1 Å². The van der Waals surface area contributed by atoms with Crippen molar-refractivity contribution in [1.29, 1.82) is 0 Å². The van der Waals surface area contributed by atoms with Gasteiger partial charge in [-0.1, -0.05) is 12.1 Å². The molecule has 0 saturated carbocycles. The van der Waals surface area contributed by atoms with E-state index in [0.717, 1.165) is 24.9 Å². The first-order valence-electron chi connectivity index (χ1n) is 7.44. The van der Waals surface area contributed by atoms with Gasteiger partial charge in [0, 0.05) is 24.2 Å². The van der Waals surface area contributed by atoms with E-state index in [0.29, 0.717) is 24.3 Å². The van der Waals surface area contributed by atoms with Gasteiger partial charge in [0.15, 0.2) is 0 Å². The van der Waals surface area contributed by atoms with Gasteiger partial charge in [-0.25, -0.2) is 4.39 Å². The minimum Gasteiger partial charge on any atom is -0.369 e. The molecule has 0 spiro atoms. The molecule has 1 aliphatic heterocycles. The van der Waals surface area contributed by atoms with Crippen LogP contribution in [0.4, 0.5) is 4.39 Å². The largest absolute Gasteiger partial charge is 0.369 e. The highest BCUT2D eigenvalue weighted by Gasteiger charge is 2.25. The van der Waals surface area contributed by atoms with Crippen LogP contribution >= 0.6 is 0 Å². The highest BCUT2D eigenvalue weighted by Crippen LogP contribution is 2.26. The molecule has 5 nitrogen and oxygen atoms in total. The molecule has 1 saturated heterocycles. The van der Waals surface area contributed by atoms with Crippen LogP contribution in [0.3, 0.4) is 0 Å². The number of amides is 1. The lowest BCUT2D eigenvalue weighted by Gasteiger charge is -2.31. The van der Waals surface area contributed by atoms with E-state index < -0.39 is 0 Å². The van der Waals surface area contributed by atoms with Gasteiger partial charge in [-0.2, -0.15) is 5.10 Å². The summed E-state index contributed by atoms with van der Waals surface area (Å²) in [6.45, 7) is 2.19. The van der Waals surface area contributed by atoms with Gasteiger partial charge < -0.3 is 5.73 Å². The van der Waals surface area contributed by atoms with Crippen LogP contribution in [0.5, 0.6) is 0 Å². The van der Waals surface area contributed by atoms with Gasteiger partial charge in [-0.05, 0) is 31.5 Å². The van der Waals surface area contributed by atoms with E-state index in [4.69, 9.17) is 5.73 Å². The number of halogens is 1. The Morgan fingerprint density at radius 1 is 1.45 bits per heavy atom. The second-order valence-electron chi connectivity index (χ2n) is 5.73. The van der Waals surface area contributed by atoms with Crippen molar-refractivity contribution in [2.45, 2.75) is 19.4 Å². The van der Waals surface area contributed by atoms with Crippen molar-refractivity contribution < 1.29 is 9.18 Å². The smallest absolute Gasteiger partial charge is 0.221 e. The Kier molecular flexibility index (Phi) is 4.20. The molecule has 1 aliphatic rings. The van der Waals surface area contributed by atoms with Crippen molar-refractivity contribution in [1.82, 2.24) is 15.1 Å². The summed E-state index contributed by atoms with van der Waals surface area (Å²) >= 11 is 0. The van der Waals surface area contributed by atoms with Crippen LogP contribution in [0.1, 0.15) is 18.4 Å². The maximum atomic E-state index is 14.0. The van der Waals surface area contributed by atoms with Crippen molar-refractivity contribution in [3.05, 3.63) is 41.8 Å². The fourth-order valence-electron chi connectivity index (χ4n) is 3.00. The Morgan fingerprint density at radius 3 is 3.05 bits per heavy atom. The summed E-state index contributed by atoms with van der Waals surface area (Å²) in [6, 6.07) is 6.63. The molecule has 1 aromatic carbocycles. The molecule has 1 atom stereocenters. The van der Waals surface area contributed by atoms with Crippen LogP contribution in [0.15, 0.2) is 30.5 Å². The maximum absolute atomic E-state index is 14.0. The standard InChI is InChI=1S/C16H19FN4O/c17-14-6-2-1-5-13(14)15-12(8-19-20-15)10-21-7-3-4-11(9-21)16(18)22/h1-2,5-6,8,11H,3-4,7,9-10H2,(H2,18,22)(H,19,20)/t11-/m1/s1. The van der Waals surface area contributed by atoms with Crippen molar-refractivity contribution in [2.24, 2.45) is 11.7 Å². The zero-order chi connectivity index (χ0) is 15.5. The Bertz CT molecular complexity index is 670. The third-order valence-corrected chi connectivity index (χ3v) is 4.16. The second kappa shape index (κ2) is 6.27. The van der Waals surface area contributed by atoms with Crippen LogP contribution in [-0.2, 0) is 11.3 Å². The first kappa shape index (κ1) is 14.7. The average Bonchev–Trinajstić information content (AvgIpc) is 2.96. The van der Waals surface area contributed by atoms with Gasteiger partial charge in [0.2, 0.25) is 5.91 Å². The lowest BCUT2D eigenvalue weighted by atomic mass is 9.97. The summed E-state index contributed by atoms with van der Waals surface area (Å²) in [5.74, 6) is -0.620. The minimum atomic E-state index is -0.276. The van der Waals surface area contributed by atoms with Crippen LogP contribution in [-0.4, -0.2) is 34.1 Å². The maximum Gasteiger partial charge on any atom is 0.221 e. The molecule has 116 valence electrons. The van der Waals surface area contributed by atoms with Crippen LogP contribution < -0.4 is 5.73 Å². The monoisotopic (exact) mass is 302 g/mol. The first-order valence-corrected chi connectivity index (χ1v) is 7.44. The third kappa shape index (κ3) is 3.01. The summed E-state index contributed by atoms with van der Waals surface area (Å²) < 4.78 is 14.0. The fraction of sp³-hybridized carbons (Fsp3) is 0.375. The number of rotatable bonds is 4. The van der Waals surface area contributed by atoms with Crippen molar-refractivity contribution >= 4 is 5.91 Å². The van der Waals surface area contributed by atoms with Gasteiger partial charge in [0.25, 0.3) is 0 Å². The lowest BCUT2D eigenvalue weighted by Crippen LogP contribution is -2.40. The van der Waals surface area contributed by atoms with E-state index in [1.165, 1.54) is 6.07 Å². The van der Waals surface area contributed by atoms with Crippen molar-refractivity contribution in [3.8, 4) is 11.3 Å². The predicted octanol–water partition coefficient (Wildman–Crippen LogP) is 1.91. The normalized spacial score (nSPS) is 19.2. The number of carbonyl (C=O) groups excluding carboxylic acids is 1. The first-order chi connectivity index (χ1) is 10.6. The molecule has 3 rings (SSSR count). The number of nitrogens with two attached hydrogens (primary N) is 1. The zero-order valence-electron chi connectivity index (χ0n) is 12.3. The number of nitrogens with one attached hydrogen (secondary N) is 1. The minimum absolute atomic E-state index is 0.0995. The molecule has 6 heteroatoms.